The lowest BCUT2D eigenvalue weighted by Crippen LogP contribution is -2.32. The van der Waals surface area contributed by atoms with Gasteiger partial charge in [0, 0.05) is 24.7 Å². The number of thiocarbonyl (C=S) groups is 1. The minimum atomic E-state index is -0.402. The standard InChI is InChI=1S/C30H28N4O5S/c1-37-24-9-4-3-7-21(24)32-26(35)16-18-34-28(27(33-30(34)40)22-8-5-6-17-31-22)25-15-14-23(39-25)19-10-12-20(13-11-19)29(36)38-2/h3-15,17,27-28H,16,18H2,1-2H3,(H,32,35)(H,33,40). The summed E-state index contributed by atoms with van der Waals surface area (Å²) in [6.07, 6.45) is 1.92. The summed E-state index contributed by atoms with van der Waals surface area (Å²) in [5.74, 6) is 1.32. The van der Waals surface area contributed by atoms with Gasteiger partial charge in [0.25, 0.3) is 0 Å². The molecule has 0 bridgehead atoms. The Morgan fingerprint density at radius 2 is 1.80 bits per heavy atom. The fourth-order valence-electron chi connectivity index (χ4n) is 4.69. The molecule has 1 saturated heterocycles. The summed E-state index contributed by atoms with van der Waals surface area (Å²) < 4.78 is 16.5. The number of pyridine rings is 1. The van der Waals surface area contributed by atoms with Crippen molar-refractivity contribution in [1.29, 1.82) is 0 Å². The van der Waals surface area contributed by atoms with Crippen molar-refractivity contribution in [3.8, 4) is 17.1 Å². The third-order valence-corrected chi connectivity index (χ3v) is 7.02. The molecule has 204 valence electrons. The average Bonchev–Trinajstić information content (AvgIpc) is 3.61. The fraction of sp³-hybridized carbons (Fsp3) is 0.200. The largest absolute Gasteiger partial charge is 0.495 e. The lowest BCUT2D eigenvalue weighted by molar-refractivity contribution is -0.116. The molecule has 4 aromatic rings. The van der Waals surface area contributed by atoms with Gasteiger partial charge in [-0.05, 0) is 60.7 Å². The van der Waals surface area contributed by atoms with Crippen molar-refractivity contribution in [2.75, 3.05) is 26.1 Å². The van der Waals surface area contributed by atoms with E-state index in [0.717, 1.165) is 11.3 Å². The van der Waals surface area contributed by atoms with Crippen molar-refractivity contribution in [2.24, 2.45) is 0 Å². The predicted octanol–water partition coefficient (Wildman–Crippen LogP) is 5.14. The number of nitrogens with zero attached hydrogens (tertiary/aromatic N) is 2. The maximum absolute atomic E-state index is 12.9. The Hall–Kier alpha value is -4.70. The van der Waals surface area contributed by atoms with Gasteiger partial charge in [0.1, 0.15) is 23.3 Å². The Labute approximate surface area is 237 Å². The highest BCUT2D eigenvalue weighted by molar-refractivity contribution is 7.80. The van der Waals surface area contributed by atoms with Gasteiger partial charge in [-0.1, -0.05) is 30.3 Å². The highest BCUT2D eigenvalue weighted by Gasteiger charge is 2.41. The molecule has 1 aliphatic rings. The van der Waals surface area contributed by atoms with Gasteiger partial charge in [-0.15, -0.1) is 0 Å². The van der Waals surface area contributed by atoms with Gasteiger partial charge >= 0.3 is 5.97 Å². The molecule has 0 spiro atoms. The van der Waals surface area contributed by atoms with Gasteiger partial charge < -0.3 is 29.4 Å². The molecule has 0 aliphatic carbocycles. The van der Waals surface area contributed by atoms with Crippen molar-refractivity contribution >= 4 is 34.9 Å². The number of hydrogen-bond donors (Lipinski definition) is 2. The van der Waals surface area contributed by atoms with E-state index in [2.05, 4.69) is 15.6 Å². The number of esters is 1. The first-order chi connectivity index (χ1) is 19.5. The van der Waals surface area contributed by atoms with E-state index >= 15 is 0 Å². The minimum Gasteiger partial charge on any atom is -0.495 e. The smallest absolute Gasteiger partial charge is 0.337 e. The summed E-state index contributed by atoms with van der Waals surface area (Å²) >= 11 is 5.72. The Bertz CT molecular complexity index is 1510. The number of furan rings is 1. The molecule has 1 amide bonds. The van der Waals surface area contributed by atoms with Crippen LogP contribution in [0.1, 0.15) is 40.3 Å². The predicted molar refractivity (Wildman–Crippen MR) is 154 cm³/mol. The van der Waals surface area contributed by atoms with Crippen LogP contribution in [0.4, 0.5) is 5.69 Å². The number of carbonyl (C=O) groups excluding carboxylic acids is 2. The van der Waals surface area contributed by atoms with Crippen LogP contribution in [0.2, 0.25) is 0 Å². The van der Waals surface area contributed by atoms with Crippen LogP contribution < -0.4 is 15.4 Å². The summed E-state index contributed by atoms with van der Waals surface area (Å²) in [6, 6.07) is 23.1. The number of benzene rings is 2. The Kier molecular flexibility index (Phi) is 8.07. The summed E-state index contributed by atoms with van der Waals surface area (Å²) in [5.41, 5.74) is 2.67. The maximum atomic E-state index is 12.9. The first-order valence-electron chi connectivity index (χ1n) is 12.7. The summed E-state index contributed by atoms with van der Waals surface area (Å²) in [5, 5.41) is 6.79. The molecule has 2 unspecified atom stereocenters. The van der Waals surface area contributed by atoms with E-state index in [-0.39, 0.29) is 24.4 Å². The molecule has 0 radical (unpaired) electrons. The number of methoxy groups -OCH3 is 2. The molecule has 40 heavy (non-hydrogen) atoms. The van der Waals surface area contributed by atoms with Gasteiger partial charge in [0.05, 0.1) is 37.2 Å². The van der Waals surface area contributed by atoms with Gasteiger partial charge in [-0.2, -0.15) is 0 Å². The first kappa shape index (κ1) is 26.9. The monoisotopic (exact) mass is 556 g/mol. The average molecular weight is 557 g/mol. The van der Waals surface area contributed by atoms with Crippen molar-refractivity contribution in [1.82, 2.24) is 15.2 Å². The third kappa shape index (κ3) is 5.67. The highest BCUT2D eigenvalue weighted by Crippen LogP contribution is 2.40. The molecular weight excluding hydrogens is 528 g/mol. The number of para-hydroxylation sites is 2. The molecule has 10 heteroatoms. The topological polar surface area (TPSA) is 106 Å². The van der Waals surface area contributed by atoms with Gasteiger partial charge in [-0.3, -0.25) is 9.78 Å². The zero-order valence-corrected chi connectivity index (χ0v) is 22.8. The maximum Gasteiger partial charge on any atom is 0.337 e. The minimum absolute atomic E-state index is 0.168. The Morgan fingerprint density at radius 1 is 1.02 bits per heavy atom. The van der Waals surface area contributed by atoms with Crippen molar-refractivity contribution < 1.29 is 23.5 Å². The van der Waals surface area contributed by atoms with E-state index in [9.17, 15) is 9.59 Å². The Balaban J connectivity index is 1.38. The first-order valence-corrected chi connectivity index (χ1v) is 13.1. The van der Waals surface area contributed by atoms with Gasteiger partial charge in [-0.25, -0.2) is 4.79 Å². The summed E-state index contributed by atoms with van der Waals surface area (Å²) in [7, 11) is 2.91. The molecule has 3 heterocycles. The van der Waals surface area contributed by atoms with Crippen LogP contribution in [-0.2, 0) is 9.53 Å². The molecule has 2 aromatic heterocycles. The molecule has 5 rings (SSSR count). The van der Waals surface area contributed by atoms with Crippen LogP contribution in [0.25, 0.3) is 11.3 Å². The molecule has 2 N–H and O–H groups in total. The van der Waals surface area contributed by atoms with Crippen molar-refractivity contribution in [2.45, 2.75) is 18.5 Å². The number of aromatic nitrogens is 1. The molecule has 1 aliphatic heterocycles. The quantitative estimate of drug-likeness (QED) is 0.214. The van der Waals surface area contributed by atoms with Crippen LogP contribution in [-0.4, -0.2) is 47.6 Å². The van der Waals surface area contributed by atoms with Crippen LogP contribution in [0.15, 0.2) is 89.5 Å². The number of nitrogens with one attached hydrogen (secondary N) is 2. The number of anilines is 1. The Morgan fingerprint density at radius 3 is 2.52 bits per heavy atom. The zero-order valence-electron chi connectivity index (χ0n) is 22.0. The van der Waals surface area contributed by atoms with Crippen molar-refractivity contribution in [3.05, 3.63) is 102 Å². The van der Waals surface area contributed by atoms with E-state index in [1.54, 1.807) is 37.6 Å². The second kappa shape index (κ2) is 12.0. The number of rotatable bonds is 9. The number of carbonyl (C=O) groups is 2. The second-order valence-electron chi connectivity index (χ2n) is 9.09. The van der Waals surface area contributed by atoms with Crippen LogP contribution >= 0.6 is 12.2 Å². The molecule has 9 nitrogen and oxygen atoms in total. The SMILES string of the molecule is COC(=O)c1ccc(-c2ccc(C3C(c4ccccn4)NC(=S)N3CCC(=O)Nc3ccccc3OC)o2)cc1. The molecule has 1 fully saturated rings. The highest BCUT2D eigenvalue weighted by atomic mass is 32.1. The molecule has 0 saturated carbocycles. The number of ether oxygens (including phenoxy) is 2. The second-order valence-corrected chi connectivity index (χ2v) is 9.48. The van der Waals surface area contributed by atoms with E-state index in [1.165, 1.54) is 7.11 Å². The van der Waals surface area contributed by atoms with E-state index < -0.39 is 5.97 Å². The van der Waals surface area contributed by atoms with Crippen molar-refractivity contribution in [3.63, 3.8) is 0 Å². The fourth-order valence-corrected chi connectivity index (χ4v) is 5.03. The molecular formula is C30H28N4O5S. The van der Waals surface area contributed by atoms with E-state index in [1.807, 2.05) is 59.5 Å². The molecule has 2 aromatic carbocycles. The number of amides is 1. The van der Waals surface area contributed by atoms with Crippen LogP contribution in [0, 0.1) is 0 Å². The summed E-state index contributed by atoms with van der Waals surface area (Å²) in [4.78, 5) is 31.2. The lowest BCUT2D eigenvalue weighted by Gasteiger charge is -2.26. The summed E-state index contributed by atoms with van der Waals surface area (Å²) in [6.45, 7) is 0.352. The van der Waals surface area contributed by atoms with E-state index in [4.69, 9.17) is 26.1 Å². The lowest BCUT2D eigenvalue weighted by atomic mass is 10.0. The normalized spacial score (nSPS) is 16.4. The van der Waals surface area contributed by atoms with E-state index in [0.29, 0.717) is 40.2 Å². The van der Waals surface area contributed by atoms with Crippen LogP contribution in [0.5, 0.6) is 5.75 Å². The number of hydrogen-bond acceptors (Lipinski definition) is 7. The van der Waals surface area contributed by atoms with Gasteiger partial charge in [0.2, 0.25) is 5.91 Å². The van der Waals surface area contributed by atoms with Crippen LogP contribution in [0.3, 0.4) is 0 Å². The zero-order chi connectivity index (χ0) is 28.1. The third-order valence-electron chi connectivity index (χ3n) is 6.67. The molecule has 2 atom stereocenters. The van der Waals surface area contributed by atoms with Gasteiger partial charge in [0.15, 0.2) is 5.11 Å².